The fourth-order valence-electron chi connectivity index (χ4n) is 2.84. The van der Waals surface area contributed by atoms with Gasteiger partial charge in [0.1, 0.15) is 0 Å². The van der Waals surface area contributed by atoms with E-state index in [0.29, 0.717) is 0 Å². The van der Waals surface area contributed by atoms with Gasteiger partial charge in [-0.25, -0.2) is 4.98 Å². The second-order valence-electron chi connectivity index (χ2n) is 6.72. The minimum Gasteiger partial charge on any atom is -0.315 e. The predicted molar refractivity (Wildman–Crippen MR) is 79.3 cm³/mol. The zero-order chi connectivity index (χ0) is 13.3. The maximum absolute atomic E-state index is 5.00. The third kappa shape index (κ3) is 2.94. The summed E-state index contributed by atoms with van der Waals surface area (Å²) in [5, 5.41) is 4.66. The fourth-order valence-corrected chi connectivity index (χ4v) is 4.28. The highest BCUT2D eigenvalue weighted by Crippen LogP contribution is 2.41. The molecule has 3 heteroatoms. The van der Waals surface area contributed by atoms with Gasteiger partial charge in [0.25, 0.3) is 0 Å². The van der Waals surface area contributed by atoms with Crippen LogP contribution in [0.4, 0.5) is 0 Å². The van der Waals surface area contributed by atoms with E-state index in [-0.39, 0.29) is 5.41 Å². The molecule has 0 aromatic carbocycles. The molecule has 2 atom stereocenters. The lowest BCUT2D eigenvalue weighted by atomic mass is 9.91. The molecule has 1 aromatic heterocycles. The van der Waals surface area contributed by atoms with E-state index < -0.39 is 0 Å². The molecule has 2 nitrogen and oxygen atoms in total. The summed E-state index contributed by atoms with van der Waals surface area (Å²) in [5.41, 5.74) is 1.46. The summed E-state index contributed by atoms with van der Waals surface area (Å²) in [6, 6.07) is 0. The predicted octanol–water partition coefficient (Wildman–Crippen LogP) is 4.06. The first kappa shape index (κ1) is 14.0. The molecule has 1 heterocycles. The number of nitrogens with zero attached hydrogens (tertiary/aromatic N) is 1. The standard InChI is InChI=1S/C15H26N2S/c1-10-6-7-11(8-10)14-17-13(15(2,3)4)12(18-14)9-16-5/h10-11,16H,6-9H2,1-5H3. The van der Waals surface area contributed by atoms with Crippen molar-refractivity contribution < 1.29 is 0 Å². The van der Waals surface area contributed by atoms with Gasteiger partial charge in [0.2, 0.25) is 0 Å². The summed E-state index contributed by atoms with van der Waals surface area (Å²) in [7, 11) is 2.02. The highest BCUT2D eigenvalue weighted by atomic mass is 32.1. The lowest BCUT2D eigenvalue weighted by Gasteiger charge is -2.17. The molecular formula is C15H26N2S. The third-order valence-corrected chi connectivity index (χ3v) is 5.02. The summed E-state index contributed by atoms with van der Waals surface area (Å²) < 4.78 is 0. The van der Waals surface area contributed by atoms with Gasteiger partial charge >= 0.3 is 0 Å². The van der Waals surface area contributed by atoms with E-state index in [2.05, 4.69) is 33.0 Å². The molecule has 2 rings (SSSR count). The molecule has 102 valence electrons. The van der Waals surface area contributed by atoms with Gasteiger partial charge in [0, 0.05) is 22.8 Å². The lowest BCUT2D eigenvalue weighted by molar-refractivity contribution is 0.555. The molecule has 1 aromatic rings. The Morgan fingerprint density at radius 1 is 1.33 bits per heavy atom. The van der Waals surface area contributed by atoms with Crippen LogP contribution in [0.15, 0.2) is 0 Å². The molecule has 0 spiro atoms. The average Bonchev–Trinajstić information content (AvgIpc) is 2.84. The van der Waals surface area contributed by atoms with Crippen LogP contribution in [-0.2, 0) is 12.0 Å². The second-order valence-corrected chi connectivity index (χ2v) is 7.83. The van der Waals surface area contributed by atoms with Gasteiger partial charge in [-0.1, -0.05) is 34.1 Å². The van der Waals surface area contributed by atoms with Crippen LogP contribution in [0, 0.1) is 5.92 Å². The SMILES string of the molecule is CNCc1sc(C2CCC(C)C2)nc1C(C)(C)C. The summed E-state index contributed by atoms with van der Waals surface area (Å²) in [4.78, 5) is 6.43. The largest absolute Gasteiger partial charge is 0.315 e. The Morgan fingerprint density at radius 2 is 2.06 bits per heavy atom. The first-order chi connectivity index (χ1) is 8.41. The quantitative estimate of drug-likeness (QED) is 0.892. The Morgan fingerprint density at radius 3 is 2.56 bits per heavy atom. The molecule has 1 aliphatic carbocycles. The summed E-state index contributed by atoms with van der Waals surface area (Å²) in [6.07, 6.45) is 4.03. The van der Waals surface area contributed by atoms with Crippen LogP contribution in [0.5, 0.6) is 0 Å². The summed E-state index contributed by atoms with van der Waals surface area (Å²) in [5.74, 6) is 1.60. The minimum absolute atomic E-state index is 0.158. The van der Waals surface area contributed by atoms with E-state index in [1.54, 1.807) is 0 Å². The molecule has 2 unspecified atom stereocenters. The van der Waals surface area contributed by atoms with Gasteiger partial charge in [-0.3, -0.25) is 0 Å². The zero-order valence-electron chi connectivity index (χ0n) is 12.3. The third-order valence-electron chi connectivity index (χ3n) is 3.81. The van der Waals surface area contributed by atoms with E-state index >= 15 is 0 Å². The Balaban J connectivity index is 2.27. The van der Waals surface area contributed by atoms with Crippen LogP contribution in [0.1, 0.15) is 68.5 Å². The van der Waals surface area contributed by atoms with Crippen LogP contribution >= 0.6 is 11.3 Å². The van der Waals surface area contributed by atoms with Crippen LogP contribution in [-0.4, -0.2) is 12.0 Å². The summed E-state index contributed by atoms with van der Waals surface area (Å²) in [6.45, 7) is 10.1. The van der Waals surface area contributed by atoms with Crippen molar-refractivity contribution in [2.75, 3.05) is 7.05 Å². The maximum atomic E-state index is 5.00. The Kier molecular flexibility index (Phi) is 4.12. The minimum atomic E-state index is 0.158. The van der Waals surface area contributed by atoms with E-state index in [4.69, 9.17) is 4.98 Å². The average molecular weight is 266 g/mol. The van der Waals surface area contributed by atoms with Crippen molar-refractivity contribution in [3.63, 3.8) is 0 Å². The van der Waals surface area contributed by atoms with Crippen molar-refractivity contribution >= 4 is 11.3 Å². The number of rotatable bonds is 3. The van der Waals surface area contributed by atoms with Crippen molar-refractivity contribution in [3.8, 4) is 0 Å². The lowest BCUT2D eigenvalue weighted by Crippen LogP contribution is -2.16. The molecule has 1 N–H and O–H groups in total. The molecule has 0 radical (unpaired) electrons. The smallest absolute Gasteiger partial charge is 0.0962 e. The summed E-state index contributed by atoms with van der Waals surface area (Å²) >= 11 is 1.94. The topological polar surface area (TPSA) is 24.9 Å². The van der Waals surface area contributed by atoms with Crippen LogP contribution in [0.25, 0.3) is 0 Å². The number of hydrogen-bond acceptors (Lipinski definition) is 3. The van der Waals surface area contributed by atoms with E-state index in [1.165, 1.54) is 34.8 Å². The van der Waals surface area contributed by atoms with Gasteiger partial charge in [0.05, 0.1) is 10.7 Å². The second kappa shape index (κ2) is 5.30. The van der Waals surface area contributed by atoms with Crippen LogP contribution in [0.3, 0.4) is 0 Å². The monoisotopic (exact) mass is 266 g/mol. The highest BCUT2D eigenvalue weighted by Gasteiger charge is 2.29. The first-order valence-corrected chi connectivity index (χ1v) is 7.88. The van der Waals surface area contributed by atoms with Crippen molar-refractivity contribution in [1.29, 1.82) is 0 Å². The van der Waals surface area contributed by atoms with Crippen molar-refractivity contribution in [3.05, 3.63) is 15.6 Å². The van der Waals surface area contributed by atoms with Gasteiger partial charge in [-0.2, -0.15) is 0 Å². The van der Waals surface area contributed by atoms with Gasteiger partial charge in [-0.05, 0) is 25.8 Å². The Labute approximate surface area is 115 Å². The zero-order valence-corrected chi connectivity index (χ0v) is 13.2. The molecule has 0 bridgehead atoms. The van der Waals surface area contributed by atoms with Gasteiger partial charge in [-0.15, -0.1) is 11.3 Å². The molecule has 0 saturated heterocycles. The van der Waals surface area contributed by atoms with E-state index in [1.807, 2.05) is 18.4 Å². The molecule has 1 fully saturated rings. The number of aromatic nitrogens is 1. The van der Waals surface area contributed by atoms with Gasteiger partial charge < -0.3 is 5.32 Å². The Bertz CT molecular complexity index is 403. The highest BCUT2D eigenvalue weighted by molar-refractivity contribution is 7.11. The fraction of sp³-hybridized carbons (Fsp3) is 0.800. The molecule has 1 aliphatic rings. The molecule has 0 aliphatic heterocycles. The number of hydrogen-bond donors (Lipinski definition) is 1. The Hall–Kier alpha value is -0.410. The molecule has 18 heavy (non-hydrogen) atoms. The molecule has 1 saturated carbocycles. The van der Waals surface area contributed by atoms with Crippen molar-refractivity contribution in [2.45, 2.75) is 64.8 Å². The van der Waals surface area contributed by atoms with Crippen LogP contribution < -0.4 is 5.32 Å². The van der Waals surface area contributed by atoms with Gasteiger partial charge in [0.15, 0.2) is 0 Å². The van der Waals surface area contributed by atoms with Crippen LogP contribution in [0.2, 0.25) is 0 Å². The van der Waals surface area contributed by atoms with Crippen molar-refractivity contribution in [1.82, 2.24) is 10.3 Å². The van der Waals surface area contributed by atoms with E-state index in [0.717, 1.165) is 18.4 Å². The maximum Gasteiger partial charge on any atom is 0.0962 e. The normalized spacial score (nSPS) is 24.7. The number of thiazole rings is 1. The number of nitrogens with one attached hydrogen (secondary N) is 1. The molecular weight excluding hydrogens is 240 g/mol. The molecule has 0 amide bonds. The van der Waals surface area contributed by atoms with Crippen molar-refractivity contribution in [2.24, 2.45) is 5.92 Å². The van der Waals surface area contributed by atoms with E-state index in [9.17, 15) is 0 Å². The first-order valence-electron chi connectivity index (χ1n) is 7.06.